The summed E-state index contributed by atoms with van der Waals surface area (Å²) in [6.07, 6.45) is 2.10. The third-order valence-electron chi connectivity index (χ3n) is 3.46. The fraction of sp³-hybridized carbons (Fsp3) is 0.263. The zero-order chi connectivity index (χ0) is 15.9. The average molecular weight is 298 g/mol. The smallest absolute Gasteiger partial charge is 0.161 e. The molecule has 0 unspecified atom stereocenters. The minimum Gasteiger partial charge on any atom is -0.497 e. The second-order valence-corrected chi connectivity index (χ2v) is 4.73. The van der Waals surface area contributed by atoms with Crippen molar-refractivity contribution in [1.29, 1.82) is 0 Å². The van der Waals surface area contributed by atoms with Crippen LogP contribution in [0.5, 0.6) is 17.2 Å². The standard InChI is InChI=1S/C19H22O3/c1-5-17(14-7-10-16(20-3)11-8-14)15-9-12-18(21-4)19(13-15)22-6-2/h5,7-13H,6H2,1-4H3. The molecule has 0 aromatic heterocycles. The van der Waals surface area contributed by atoms with Gasteiger partial charge in [-0.1, -0.05) is 24.3 Å². The molecule has 0 atom stereocenters. The van der Waals surface area contributed by atoms with Gasteiger partial charge in [0.1, 0.15) is 5.75 Å². The average Bonchev–Trinajstić information content (AvgIpc) is 2.57. The normalized spacial score (nSPS) is 11.2. The lowest BCUT2D eigenvalue weighted by Crippen LogP contribution is -1.97. The zero-order valence-electron chi connectivity index (χ0n) is 13.6. The first-order valence-corrected chi connectivity index (χ1v) is 7.35. The number of ether oxygens (including phenoxy) is 3. The highest BCUT2D eigenvalue weighted by Crippen LogP contribution is 2.33. The van der Waals surface area contributed by atoms with Gasteiger partial charge in [0, 0.05) is 0 Å². The van der Waals surface area contributed by atoms with E-state index in [0.717, 1.165) is 33.9 Å². The molecular formula is C19H22O3. The molecule has 0 radical (unpaired) electrons. The van der Waals surface area contributed by atoms with Crippen molar-refractivity contribution < 1.29 is 14.2 Å². The first-order valence-electron chi connectivity index (χ1n) is 7.35. The minimum atomic E-state index is 0.605. The van der Waals surface area contributed by atoms with Gasteiger partial charge in [-0.05, 0) is 54.8 Å². The van der Waals surface area contributed by atoms with Crippen LogP contribution in [0.15, 0.2) is 48.5 Å². The van der Waals surface area contributed by atoms with E-state index in [9.17, 15) is 0 Å². The van der Waals surface area contributed by atoms with Crippen LogP contribution in [-0.2, 0) is 0 Å². The molecule has 0 aliphatic carbocycles. The van der Waals surface area contributed by atoms with E-state index in [1.165, 1.54) is 0 Å². The van der Waals surface area contributed by atoms with Crippen molar-refractivity contribution in [3.05, 3.63) is 59.7 Å². The fourth-order valence-corrected chi connectivity index (χ4v) is 2.38. The Morgan fingerprint density at radius 2 is 1.59 bits per heavy atom. The molecule has 2 aromatic carbocycles. The summed E-state index contributed by atoms with van der Waals surface area (Å²) in [6.45, 7) is 4.60. The highest BCUT2D eigenvalue weighted by molar-refractivity contribution is 5.80. The highest BCUT2D eigenvalue weighted by Gasteiger charge is 2.10. The maximum atomic E-state index is 5.66. The van der Waals surface area contributed by atoms with Crippen LogP contribution >= 0.6 is 0 Å². The van der Waals surface area contributed by atoms with Gasteiger partial charge < -0.3 is 14.2 Å². The zero-order valence-corrected chi connectivity index (χ0v) is 13.6. The van der Waals surface area contributed by atoms with Gasteiger partial charge in [0.25, 0.3) is 0 Å². The predicted molar refractivity (Wildman–Crippen MR) is 89.9 cm³/mol. The Labute approximate surface area is 132 Å². The second-order valence-electron chi connectivity index (χ2n) is 4.73. The van der Waals surface area contributed by atoms with E-state index >= 15 is 0 Å². The van der Waals surface area contributed by atoms with Crippen LogP contribution in [0.1, 0.15) is 25.0 Å². The molecule has 0 saturated carbocycles. The summed E-state index contributed by atoms with van der Waals surface area (Å²) in [5.74, 6) is 2.36. The maximum Gasteiger partial charge on any atom is 0.161 e. The molecule has 2 rings (SSSR count). The van der Waals surface area contributed by atoms with Crippen molar-refractivity contribution in [1.82, 2.24) is 0 Å². The lowest BCUT2D eigenvalue weighted by Gasteiger charge is -2.13. The van der Waals surface area contributed by atoms with Gasteiger partial charge in [-0.3, -0.25) is 0 Å². The molecule has 3 nitrogen and oxygen atoms in total. The molecule has 116 valence electrons. The number of methoxy groups -OCH3 is 2. The van der Waals surface area contributed by atoms with E-state index in [1.54, 1.807) is 14.2 Å². The molecule has 0 spiro atoms. The van der Waals surface area contributed by atoms with Crippen LogP contribution in [0, 0.1) is 0 Å². The van der Waals surface area contributed by atoms with Gasteiger partial charge >= 0.3 is 0 Å². The summed E-state index contributed by atoms with van der Waals surface area (Å²) >= 11 is 0. The Kier molecular flexibility index (Phi) is 5.48. The van der Waals surface area contributed by atoms with Gasteiger partial charge in [0.2, 0.25) is 0 Å². The topological polar surface area (TPSA) is 27.7 Å². The molecule has 22 heavy (non-hydrogen) atoms. The van der Waals surface area contributed by atoms with E-state index in [0.29, 0.717) is 6.61 Å². The molecule has 0 bridgehead atoms. The second kappa shape index (κ2) is 7.55. The molecular weight excluding hydrogens is 276 g/mol. The minimum absolute atomic E-state index is 0.605. The summed E-state index contributed by atoms with van der Waals surface area (Å²) in [5.41, 5.74) is 3.37. The van der Waals surface area contributed by atoms with Crippen LogP contribution in [-0.4, -0.2) is 20.8 Å². The van der Waals surface area contributed by atoms with Gasteiger partial charge in [-0.2, -0.15) is 0 Å². The third kappa shape index (κ3) is 3.42. The van der Waals surface area contributed by atoms with Crippen molar-refractivity contribution in [2.75, 3.05) is 20.8 Å². The molecule has 0 aliphatic rings. The molecule has 0 saturated heterocycles. The number of allylic oxidation sites excluding steroid dienone is 1. The molecule has 0 heterocycles. The van der Waals surface area contributed by atoms with Crippen molar-refractivity contribution in [3.63, 3.8) is 0 Å². The Morgan fingerprint density at radius 3 is 2.14 bits per heavy atom. The van der Waals surface area contributed by atoms with E-state index in [1.807, 2.05) is 44.2 Å². The number of rotatable bonds is 6. The largest absolute Gasteiger partial charge is 0.497 e. The molecule has 0 N–H and O–H groups in total. The third-order valence-corrected chi connectivity index (χ3v) is 3.46. The van der Waals surface area contributed by atoms with E-state index < -0.39 is 0 Å². The highest BCUT2D eigenvalue weighted by atomic mass is 16.5. The Morgan fingerprint density at radius 1 is 0.909 bits per heavy atom. The number of hydrogen-bond donors (Lipinski definition) is 0. The fourth-order valence-electron chi connectivity index (χ4n) is 2.38. The van der Waals surface area contributed by atoms with Gasteiger partial charge in [-0.25, -0.2) is 0 Å². The van der Waals surface area contributed by atoms with Gasteiger partial charge in [0.05, 0.1) is 20.8 Å². The Balaban J connectivity index is 2.40. The lowest BCUT2D eigenvalue weighted by molar-refractivity contribution is 0.311. The van der Waals surface area contributed by atoms with Crippen molar-refractivity contribution in [2.45, 2.75) is 13.8 Å². The lowest BCUT2D eigenvalue weighted by atomic mass is 9.97. The van der Waals surface area contributed by atoms with Crippen molar-refractivity contribution >= 4 is 5.57 Å². The molecule has 3 heteroatoms. The predicted octanol–water partition coefficient (Wildman–Crippen LogP) is 4.55. The monoisotopic (exact) mass is 298 g/mol. The SMILES string of the molecule is CC=C(c1ccc(OC)cc1)c1ccc(OC)c(OCC)c1. The summed E-state index contributed by atoms with van der Waals surface area (Å²) < 4.78 is 16.2. The molecule has 0 amide bonds. The Hall–Kier alpha value is -2.42. The molecule has 2 aromatic rings. The Bertz CT molecular complexity index is 642. The van der Waals surface area contributed by atoms with Gasteiger partial charge in [0.15, 0.2) is 11.5 Å². The molecule has 0 aliphatic heterocycles. The van der Waals surface area contributed by atoms with Crippen LogP contribution in [0.4, 0.5) is 0 Å². The summed E-state index contributed by atoms with van der Waals surface area (Å²) in [4.78, 5) is 0. The van der Waals surface area contributed by atoms with E-state index in [2.05, 4.69) is 18.2 Å². The quantitative estimate of drug-likeness (QED) is 0.782. The summed E-state index contributed by atoms with van der Waals surface area (Å²) in [7, 11) is 3.32. The van der Waals surface area contributed by atoms with Crippen molar-refractivity contribution in [3.8, 4) is 17.2 Å². The maximum absolute atomic E-state index is 5.66. The summed E-state index contributed by atoms with van der Waals surface area (Å²) in [5, 5.41) is 0. The van der Waals surface area contributed by atoms with Gasteiger partial charge in [-0.15, -0.1) is 0 Å². The van der Waals surface area contributed by atoms with E-state index in [4.69, 9.17) is 14.2 Å². The van der Waals surface area contributed by atoms with Crippen LogP contribution in [0.3, 0.4) is 0 Å². The first-order chi connectivity index (χ1) is 10.7. The van der Waals surface area contributed by atoms with Crippen LogP contribution in [0.2, 0.25) is 0 Å². The summed E-state index contributed by atoms with van der Waals surface area (Å²) in [6, 6.07) is 14.0. The van der Waals surface area contributed by atoms with Crippen LogP contribution < -0.4 is 14.2 Å². The number of benzene rings is 2. The molecule has 0 fully saturated rings. The van der Waals surface area contributed by atoms with Crippen molar-refractivity contribution in [2.24, 2.45) is 0 Å². The van der Waals surface area contributed by atoms with E-state index in [-0.39, 0.29) is 0 Å². The van der Waals surface area contributed by atoms with Crippen LogP contribution in [0.25, 0.3) is 5.57 Å². The first kappa shape index (κ1) is 16.0. The number of hydrogen-bond acceptors (Lipinski definition) is 3.